The summed E-state index contributed by atoms with van der Waals surface area (Å²) in [6.07, 6.45) is 0. The van der Waals surface area contributed by atoms with Crippen molar-refractivity contribution in [3.63, 3.8) is 0 Å². The third-order valence-electron chi connectivity index (χ3n) is 3.54. The van der Waals surface area contributed by atoms with E-state index in [1.165, 1.54) is 63.7 Å². The Bertz CT molecular complexity index is 939. The van der Waals surface area contributed by atoms with Gasteiger partial charge >= 0.3 is 0 Å². The Hall–Kier alpha value is -2.98. The fourth-order valence-corrected chi connectivity index (χ4v) is 3.01. The molecule has 0 bridgehead atoms. The number of carbonyl (C=O) groups excluding carboxylic acids is 1. The number of benzene rings is 2. The van der Waals surface area contributed by atoms with E-state index in [0.29, 0.717) is 0 Å². The molecule has 0 aliphatic carbocycles. The van der Waals surface area contributed by atoms with Crippen LogP contribution in [-0.4, -0.2) is 44.8 Å². The van der Waals surface area contributed by atoms with Gasteiger partial charge < -0.3 is 10.1 Å². The van der Waals surface area contributed by atoms with E-state index >= 15 is 0 Å². The average molecular weight is 379 g/mol. The molecule has 26 heavy (non-hydrogen) atoms. The molecule has 0 spiro atoms. The van der Waals surface area contributed by atoms with Gasteiger partial charge in [-0.1, -0.05) is 0 Å². The highest BCUT2D eigenvalue weighted by atomic mass is 32.2. The van der Waals surface area contributed by atoms with Crippen molar-refractivity contribution in [3.05, 3.63) is 58.1 Å². The van der Waals surface area contributed by atoms with Gasteiger partial charge in [0, 0.05) is 31.8 Å². The van der Waals surface area contributed by atoms with Crippen LogP contribution in [0.1, 0.15) is 10.4 Å². The Labute approximate surface area is 150 Å². The maximum Gasteiger partial charge on any atom is 0.269 e. The number of nitrogens with one attached hydrogen (secondary N) is 1. The summed E-state index contributed by atoms with van der Waals surface area (Å²) in [4.78, 5) is 22.5. The van der Waals surface area contributed by atoms with Gasteiger partial charge in [0.15, 0.2) is 0 Å². The SMILES string of the molecule is COc1ccc(S(=O)(=O)N(C)C)cc1NC(=O)c1ccc([N+](=O)[O-])cc1. The van der Waals surface area contributed by atoms with Gasteiger partial charge in [-0.05, 0) is 30.3 Å². The predicted octanol–water partition coefficient (Wildman–Crippen LogP) is 2.11. The van der Waals surface area contributed by atoms with Crippen molar-refractivity contribution in [2.24, 2.45) is 0 Å². The molecule has 2 aromatic rings. The summed E-state index contributed by atoms with van der Waals surface area (Å²) in [6, 6.07) is 9.12. The van der Waals surface area contributed by atoms with E-state index in [0.717, 1.165) is 4.31 Å². The highest BCUT2D eigenvalue weighted by Gasteiger charge is 2.20. The number of hydrogen-bond acceptors (Lipinski definition) is 6. The Kier molecular flexibility index (Phi) is 5.58. The van der Waals surface area contributed by atoms with Gasteiger partial charge in [0.05, 0.1) is 22.6 Å². The Morgan fingerprint density at radius 2 is 1.77 bits per heavy atom. The van der Waals surface area contributed by atoms with Crippen molar-refractivity contribution in [1.29, 1.82) is 0 Å². The van der Waals surface area contributed by atoms with Crippen molar-refractivity contribution >= 4 is 27.3 Å². The highest BCUT2D eigenvalue weighted by molar-refractivity contribution is 7.89. The molecule has 1 amide bonds. The minimum absolute atomic E-state index is 0.0118. The highest BCUT2D eigenvalue weighted by Crippen LogP contribution is 2.29. The lowest BCUT2D eigenvalue weighted by molar-refractivity contribution is -0.384. The molecular weight excluding hydrogens is 362 g/mol. The molecule has 0 heterocycles. The fourth-order valence-electron chi connectivity index (χ4n) is 2.09. The normalized spacial score (nSPS) is 11.2. The van der Waals surface area contributed by atoms with Gasteiger partial charge in [0.2, 0.25) is 10.0 Å². The van der Waals surface area contributed by atoms with Gasteiger partial charge in [0.25, 0.3) is 11.6 Å². The van der Waals surface area contributed by atoms with Crippen LogP contribution < -0.4 is 10.1 Å². The lowest BCUT2D eigenvalue weighted by Crippen LogP contribution is -2.22. The van der Waals surface area contributed by atoms with Crippen molar-refractivity contribution < 1.29 is 22.9 Å². The molecule has 9 nitrogen and oxygen atoms in total. The molecule has 0 saturated carbocycles. The number of nitrogens with zero attached hydrogens (tertiary/aromatic N) is 2. The Morgan fingerprint density at radius 1 is 1.15 bits per heavy atom. The molecule has 0 saturated heterocycles. The van der Waals surface area contributed by atoms with Crippen LogP contribution in [0.15, 0.2) is 47.4 Å². The van der Waals surface area contributed by atoms with Gasteiger partial charge in [-0.3, -0.25) is 14.9 Å². The smallest absolute Gasteiger partial charge is 0.269 e. The molecule has 0 radical (unpaired) electrons. The van der Waals surface area contributed by atoms with Crippen molar-refractivity contribution in [3.8, 4) is 5.75 Å². The number of non-ortho nitro benzene ring substituents is 1. The number of rotatable bonds is 6. The van der Waals surface area contributed by atoms with Gasteiger partial charge in [-0.15, -0.1) is 0 Å². The fraction of sp³-hybridized carbons (Fsp3) is 0.188. The molecule has 0 aliphatic heterocycles. The Balaban J connectivity index is 2.35. The zero-order chi connectivity index (χ0) is 19.5. The first kappa shape index (κ1) is 19.3. The van der Waals surface area contributed by atoms with E-state index in [4.69, 9.17) is 4.74 Å². The molecule has 0 atom stereocenters. The van der Waals surface area contributed by atoms with Crippen LogP contribution in [0.2, 0.25) is 0 Å². The van der Waals surface area contributed by atoms with Crippen LogP contribution in [0.3, 0.4) is 0 Å². The first-order chi connectivity index (χ1) is 12.2. The maximum absolute atomic E-state index is 12.4. The molecule has 138 valence electrons. The van der Waals surface area contributed by atoms with Crippen LogP contribution in [0.5, 0.6) is 5.75 Å². The van der Waals surface area contributed by atoms with E-state index in [9.17, 15) is 23.3 Å². The van der Waals surface area contributed by atoms with E-state index in [2.05, 4.69) is 5.32 Å². The molecule has 2 aromatic carbocycles. The lowest BCUT2D eigenvalue weighted by Gasteiger charge is -2.15. The van der Waals surface area contributed by atoms with Crippen LogP contribution in [-0.2, 0) is 10.0 Å². The molecule has 2 rings (SSSR count). The minimum Gasteiger partial charge on any atom is -0.495 e. The average Bonchev–Trinajstić information content (AvgIpc) is 2.61. The topological polar surface area (TPSA) is 119 Å². The molecule has 0 aliphatic rings. The minimum atomic E-state index is -3.69. The molecule has 0 fully saturated rings. The maximum atomic E-state index is 12.4. The molecule has 1 N–H and O–H groups in total. The van der Waals surface area contributed by atoms with Crippen molar-refractivity contribution in [2.75, 3.05) is 26.5 Å². The third kappa shape index (κ3) is 3.98. The predicted molar refractivity (Wildman–Crippen MR) is 94.9 cm³/mol. The monoisotopic (exact) mass is 379 g/mol. The first-order valence-electron chi connectivity index (χ1n) is 7.33. The lowest BCUT2D eigenvalue weighted by atomic mass is 10.2. The van der Waals surface area contributed by atoms with Gasteiger partial charge in [-0.25, -0.2) is 12.7 Å². The first-order valence-corrected chi connectivity index (χ1v) is 8.77. The second-order valence-electron chi connectivity index (χ2n) is 5.41. The zero-order valence-electron chi connectivity index (χ0n) is 14.3. The van der Waals surface area contributed by atoms with Gasteiger partial charge in [-0.2, -0.15) is 0 Å². The standard InChI is InChI=1S/C16H17N3O6S/c1-18(2)26(23,24)13-8-9-15(25-3)14(10-13)17-16(20)11-4-6-12(7-5-11)19(21)22/h4-10H,1-3H3,(H,17,20). The summed E-state index contributed by atoms with van der Waals surface area (Å²) >= 11 is 0. The van der Waals surface area contributed by atoms with E-state index in [1.54, 1.807) is 0 Å². The Morgan fingerprint density at radius 3 is 2.27 bits per heavy atom. The summed E-state index contributed by atoms with van der Waals surface area (Å²) in [5.41, 5.74) is 0.204. The van der Waals surface area contributed by atoms with E-state index < -0.39 is 20.9 Å². The molecule has 0 aromatic heterocycles. The van der Waals surface area contributed by atoms with E-state index in [-0.39, 0.29) is 27.6 Å². The van der Waals surface area contributed by atoms with Crippen LogP contribution in [0.4, 0.5) is 11.4 Å². The summed E-state index contributed by atoms with van der Waals surface area (Å²) in [7, 11) is 0.492. The number of carbonyl (C=O) groups is 1. The van der Waals surface area contributed by atoms with Crippen LogP contribution in [0.25, 0.3) is 0 Å². The molecular formula is C16H17N3O6S. The van der Waals surface area contributed by atoms with Gasteiger partial charge in [0.1, 0.15) is 5.75 Å². The number of hydrogen-bond donors (Lipinski definition) is 1. The summed E-state index contributed by atoms with van der Waals surface area (Å²) < 4.78 is 30.7. The number of anilines is 1. The number of ether oxygens (including phenoxy) is 1. The number of amides is 1. The summed E-state index contributed by atoms with van der Waals surface area (Å²) in [5.74, 6) is -0.282. The number of methoxy groups -OCH3 is 1. The van der Waals surface area contributed by atoms with Crippen LogP contribution in [0, 0.1) is 10.1 Å². The second-order valence-corrected chi connectivity index (χ2v) is 7.56. The molecule has 10 heteroatoms. The molecule has 0 unspecified atom stereocenters. The number of nitro benzene ring substituents is 1. The third-order valence-corrected chi connectivity index (χ3v) is 5.35. The van der Waals surface area contributed by atoms with Crippen molar-refractivity contribution in [2.45, 2.75) is 4.90 Å². The quantitative estimate of drug-likeness (QED) is 0.606. The second kappa shape index (κ2) is 7.50. The summed E-state index contributed by atoms with van der Waals surface area (Å²) in [6.45, 7) is 0. The number of sulfonamides is 1. The van der Waals surface area contributed by atoms with E-state index in [1.807, 2.05) is 0 Å². The number of nitro groups is 1. The summed E-state index contributed by atoms with van der Waals surface area (Å²) in [5, 5.41) is 13.2. The zero-order valence-corrected chi connectivity index (χ0v) is 15.1. The van der Waals surface area contributed by atoms with Crippen molar-refractivity contribution in [1.82, 2.24) is 4.31 Å². The largest absolute Gasteiger partial charge is 0.495 e. The van der Waals surface area contributed by atoms with Crippen LogP contribution >= 0.6 is 0 Å².